The number of aliphatic carboxylic acids is 1. The Morgan fingerprint density at radius 1 is 1.07 bits per heavy atom. The van der Waals surface area contributed by atoms with E-state index in [1.807, 2.05) is 6.07 Å². The van der Waals surface area contributed by atoms with E-state index in [4.69, 9.17) is 4.74 Å². The van der Waals surface area contributed by atoms with Crippen molar-refractivity contribution in [2.75, 3.05) is 26.2 Å². The lowest BCUT2D eigenvalue weighted by atomic mass is 9.76. The first kappa shape index (κ1) is 18.6. The van der Waals surface area contributed by atoms with Crippen molar-refractivity contribution in [3.63, 3.8) is 0 Å². The van der Waals surface area contributed by atoms with E-state index in [9.17, 15) is 14.3 Å². The summed E-state index contributed by atoms with van der Waals surface area (Å²) in [5.41, 5.74) is 3.65. The monoisotopic (exact) mass is 395 g/mol. The SMILES string of the molecule is O=C(O)C1(CN2CC3(Cc4ccc(OCCc5ccc(F)cc5)cc4C3)C2)CC1. The second-order valence-electron chi connectivity index (χ2n) is 9.24. The van der Waals surface area contributed by atoms with E-state index in [0.29, 0.717) is 13.2 Å². The van der Waals surface area contributed by atoms with Gasteiger partial charge in [0.2, 0.25) is 0 Å². The van der Waals surface area contributed by atoms with Crippen LogP contribution in [0.25, 0.3) is 0 Å². The van der Waals surface area contributed by atoms with Crippen molar-refractivity contribution in [3.8, 4) is 5.75 Å². The molecule has 2 aliphatic carbocycles. The number of benzene rings is 2. The third kappa shape index (κ3) is 3.64. The lowest BCUT2D eigenvalue weighted by Gasteiger charge is -2.49. The van der Waals surface area contributed by atoms with E-state index in [-0.39, 0.29) is 11.2 Å². The van der Waals surface area contributed by atoms with Gasteiger partial charge in [0.25, 0.3) is 0 Å². The number of carbonyl (C=O) groups is 1. The van der Waals surface area contributed by atoms with Crippen molar-refractivity contribution in [1.82, 2.24) is 4.90 Å². The summed E-state index contributed by atoms with van der Waals surface area (Å²) in [5, 5.41) is 9.40. The summed E-state index contributed by atoms with van der Waals surface area (Å²) >= 11 is 0. The molecule has 0 radical (unpaired) electrons. The zero-order valence-corrected chi connectivity index (χ0v) is 16.5. The highest BCUT2D eigenvalue weighted by atomic mass is 19.1. The summed E-state index contributed by atoms with van der Waals surface area (Å²) in [4.78, 5) is 13.7. The average molecular weight is 395 g/mol. The van der Waals surface area contributed by atoms with Gasteiger partial charge in [-0.15, -0.1) is 0 Å². The van der Waals surface area contributed by atoms with Crippen molar-refractivity contribution in [2.24, 2.45) is 10.8 Å². The Hall–Kier alpha value is -2.40. The number of halogens is 1. The number of ether oxygens (including phenoxy) is 1. The van der Waals surface area contributed by atoms with Gasteiger partial charge in [-0.1, -0.05) is 18.2 Å². The van der Waals surface area contributed by atoms with E-state index in [1.54, 1.807) is 12.1 Å². The molecular formula is C24H26FNO3. The van der Waals surface area contributed by atoms with Gasteiger partial charge in [-0.05, 0) is 66.6 Å². The summed E-state index contributed by atoms with van der Waals surface area (Å²) in [6, 6.07) is 12.9. The molecule has 0 aromatic heterocycles. The van der Waals surface area contributed by atoms with Gasteiger partial charge in [0, 0.05) is 31.5 Å². The molecular weight excluding hydrogens is 369 g/mol. The number of hydrogen-bond donors (Lipinski definition) is 1. The molecule has 0 unspecified atom stereocenters. The number of nitrogens with zero attached hydrogens (tertiary/aromatic N) is 1. The third-order valence-corrected chi connectivity index (χ3v) is 6.83. The molecule has 3 aliphatic rings. The first-order valence-electron chi connectivity index (χ1n) is 10.4. The van der Waals surface area contributed by atoms with E-state index in [0.717, 1.165) is 56.5 Å². The minimum Gasteiger partial charge on any atom is -0.493 e. The highest BCUT2D eigenvalue weighted by Crippen LogP contribution is 2.51. The standard InChI is InChI=1S/C24H26FNO3/c25-20-4-1-17(2-5-20)7-10-29-21-6-3-18-12-23(13-19(18)11-21)14-26(15-23)16-24(8-9-24)22(27)28/h1-6,11H,7-10,12-16H2,(H,27,28). The molecule has 0 atom stereocenters. The molecule has 2 fully saturated rings. The van der Waals surface area contributed by atoms with Crippen molar-refractivity contribution in [3.05, 3.63) is 65.0 Å². The number of hydrogen-bond acceptors (Lipinski definition) is 3. The quantitative estimate of drug-likeness (QED) is 0.777. The minimum absolute atomic E-state index is 0.216. The van der Waals surface area contributed by atoms with Crippen LogP contribution >= 0.6 is 0 Å². The molecule has 2 aromatic rings. The van der Waals surface area contributed by atoms with Gasteiger partial charge in [0.05, 0.1) is 12.0 Å². The molecule has 0 bridgehead atoms. The van der Waals surface area contributed by atoms with Gasteiger partial charge in [-0.25, -0.2) is 4.39 Å². The fourth-order valence-electron chi connectivity index (χ4n) is 5.09. The predicted octanol–water partition coefficient (Wildman–Crippen LogP) is 3.71. The maximum atomic E-state index is 13.0. The minimum atomic E-state index is -0.629. The molecule has 5 rings (SSSR count). The molecule has 1 aliphatic heterocycles. The smallest absolute Gasteiger partial charge is 0.310 e. The highest BCUT2D eigenvalue weighted by molar-refractivity contribution is 5.78. The zero-order valence-electron chi connectivity index (χ0n) is 16.5. The maximum Gasteiger partial charge on any atom is 0.310 e. The van der Waals surface area contributed by atoms with Crippen molar-refractivity contribution in [1.29, 1.82) is 0 Å². The summed E-state index contributed by atoms with van der Waals surface area (Å²) in [5.74, 6) is 0.0459. The molecule has 1 saturated heterocycles. The molecule has 1 spiro atoms. The molecule has 1 N–H and O–H groups in total. The molecule has 1 heterocycles. The van der Waals surface area contributed by atoms with Gasteiger partial charge >= 0.3 is 5.97 Å². The lowest BCUT2D eigenvalue weighted by molar-refractivity contribution is -0.145. The van der Waals surface area contributed by atoms with Crippen molar-refractivity contribution in [2.45, 2.75) is 32.1 Å². The second kappa shape index (κ2) is 6.84. The topological polar surface area (TPSA) is 49.8 Å². The normalized spacial score (nSPS) is 20.9. The third-order valence-electron chi connectivity index (χ3n) is 6.83. The summed E-state index contributed by atoms with van der Waals surface area (Å²) in [7, 11) is 0. The van der Waals surface area contributed by atoms with Crippen molar-refractivity contribution < 1.29 is 19.0 Å². The summed E-state index contributed by atoms with van der Waals surface area (Å²) < 4.78 is 18.9. The Balaban J connectivity index is 1.14. The summed E-state index contributed by atoms with van der Waals surface area (Å²) in [6.07, 6.45) is 4.53. The lowest BCUT2D eigenvalue weighted by Crippen LogP contribution is -2.58. The average Bonchev–Trinajstić information content (AvgIpc) is 3.35. The van der Waals surface area contributed by atoms with Crippen LogP contribution in [0.5, 0.6) is 5.75 Å². The van der Waals surface area contributed by atoms with Crippen LogP contribution in [0.3, 0.4) is 0 Å². The van der Waals surface area contributed by atoms with Crippen LogP contribution in [0.1, 0.15) is 29.5 Å². The van der Waals surface area contributed by atoms with Gasteiger partial charge in [-0.3, -0.25) is 4.79 Å². The Bertz CT molecular complexity index is 930. The van der Waals surface area contributed by atoms with Crippen LogP contribution in [-0.2, 0) is 24.1 Å². The Kier molecular flexibility index (Phi) is 4.39. The van der Waals surface area contributed by atoms with Crippen LogP contribution in [0.2, 0.25) is 0 Å². The molecule has 5 heteroatoms. The van der Waals surface area contributed by atoms with E-state index in [2.05, 4.69) is 17.0 Å². The maximum absolute atomic E-state index is 13.0. The van der Waals surface area contributed by atoms with Gasteiger partial charge in [-0.2, -0.15) is 0 Å². The second-order valence-corrected chi connectivity index (χ2v) is 9.24. The molecule has 4 nitrogen and oxygen atoms in total. The van der Waals surface area contributed by atoms with Gasteiger partial charge in [0.15, 0.2) is 0 Å². The zero-order chi connectivity index (χ0) is 20.1. The molecule has 152 valence electrons. The van der Waals surface area contributed by atoms with Gasteiger partial charge in [0.1, 0.15) is 11.6 Å². The number of carboxylic acids is 1. The highest BCUT2D eigenvalue weighted by Gasteiger charge is 2.55. The summed E-state index contributed by atoms with van der Waals surface area (Å²) in [6.45, 7) is 3.27. The number of likely N-dealkylation sites (tertiary alicyclic amines) is 1. The Morgan fingerprint density at radius 3 is 2.48 bits per heavy atom. The van der Waals surface area contributed by atoms with Crippen LogP contribution in [0, 0.1) is 16.6 Å². The van der Waals surface area contributed by atoms with E-state index >= 15 is 0 Å². The van der Waals surface area contributed by atoms with E-state index in [1.165, 1.54) is 23.3 Å². The fourth-order valence-corrected chi connectivity index (χ4v) is 5.09. The van der Waals surface area contributed by atoms with Crippen LogP contribution in [-0.4, -0.2) is 42.2 Å². The van der Waals surface area contributed by atoms with Crippen LogP contribution in [0.15, 0.2) is 42.5 Å². The number of rotatable bonds is 7. The van der Waals surface area contributed by atoms with Crippen molar-refractivity contribution >= 4 is 5.97 Å². The number of carboxylic acid groups (broad SMARTS) is 1. The first-order valence-corrected chi connectivity index (χ1v) is 10.4. The van der Waals surface area contributed by atoms with Gasteiger partial charge < -0.3 is 14.7 Å². The first-order chi connectivity index (χ1) is 14.0. The van der Waals surface area contributed by atoms with E-state index < -0.39 is 11.4 Å². The largest absolute Gasteiger partial charge is 0.493 e. The number of fused-ring (bicyclic) bond motifs is 1. The Morgan fingerprint density at radius 2 is 1.79 bits per heavy atom. The molecule has 29 heavy (non-hydrogen) atoms. The fraction of sp³-hybridized carbons (Fsp3) is 0.458. The molecule has 1 saturated carbocycles. The van der Waals surface area contributed by atoms with Crippen LogP contribution < -0.4 is 4.74 Å². The Labute approximate surface area is 170 Å². The van der Waals surface area contributed by atoms with Crippen LogP contribution in [0.4, 0.5) is 4.39 Å². The molecule has 0 amide bonds. The molecule has 2 aromatic carbocycles. The predicted molar refractivity (Wildman–Crippen MR) is 108 cm³/mol.